The van der Waals surface area contributed by atoms with Crippen LogP contribution in [0.1, 0.15) is 17.2 Å². The summed E-state index contributed by atoms with van der Waals surface area (Å²) in [6, 6.07) is 15.8. The minimum Gasteiger partial charge on any atom is -0.496 e. The van der Waals surface area contributed by atoms with Crippen molar-refractivity contribution in [3.8, 4) is 5.75 Å². The van der Waals surface area contributed by atoms with Gasteiger partial charge in [0, 0.05) is 37.2 Å². The normalized spacial score (nSPS) is 17.5. The number of carbonyl (C=O) groups is 1. The molecule has 2 N–H and O–H groups in total. The quantitative estimate of drug-likeness (QED) is 0.767. The lowest BCUT2D eigenvalue weighted by atomic mass is 10.0. The average molecular weight is 388 g/mol. The van der Waals surface area contributed by atoms with Gasteiger partial charge in [0.05, 0.1) is 13.7 Å². The molecule has 0 bridgehead atoms. The van der Waals surface area contributed by atoms with Gasteiger partial charge in [-0.2, -0.15) is 0 Å². The van der Waals surface area contributed by atoms with Crippen LogP contribution in [0.5, 0.6) is 5.75 Å². The van der Waals surface area contributed by atoms with Gasteiger partial charge >= 0.3 is 0 Å². The van der Waals surface area contributed by atoms with Gasteiger partial charge in [0.2, 0.25) is 5.91 Å². The van der Waals surface area contributed by atoms with Gasteiger partial charge in [-0.3, -0.25) is 9.69 Å². The van der Waals surface area contributed by atoms with Crippen molar-refractivity contribution in [2.75, 3.05) is 39.8 Å². The van der Waals surface area contributed by atoms with Gasteiger partial charge in [0.1, 0.15) is 5.75 Å². The second-order valence-electron chi connectivity index (χ2n) is 6.62. The number of hydrogen-bond donors (Lipinski definition) is 2. The molecule has 6 heteroatoms. The zero-order valence-electron chi connectivity index (χ0n) is 15.6. The van der Waals surface area contributed by atoms with Crippen molar-refractivity contribution in [2.24, 2.45) is 0 Å². The summed E-state index contributed by atoms with van der Waals surface area (Å²) in [5, 5.41) is 7.17. The number of piperazine rings is 1. The number of methoxy groups -OCH3 is 1. The summed E-state index contributed by atoms with van der Waals surface area (Å²) in [5.74, 6) is 0.886. The fourth-order valence-electron chi connectivity index (χ4n) is 3.47. The van der Waals surface area contributed by atoms with Crippen LogP contribution in [0.3, 0.4) is 0 Å². The van der Waals surface area contributed by atoms with Crippen molar-refractivity contribution >= 4 is 17.5 Å². The van der Waals surface area contributed by atoms with E-state index in [1.807, 2.05) is 48.5 Å². The standard InChI is InChI=1S/C21H26ClN3O2/c1-27-20-9-5-2-6-16(20)10-11-24-21(26)15-25-13-12-23-14-19(25)17-7-3-4-8-18(17)22/h2-9,19,23H,10-15H2,1H3,(H,24,26). The maximum atomic E-state index is 12.5. The number of nitrogens with zero attached hydrogens (tertiary/aromatic N) is 1. The van der Waals surface area contributed by atoms with E-state index in [0.29, 0.717) is 13.1 Å². The first-order valence-corrected chi connectivity index (χ1v) is 9.64. The van der Waals surface area contributed by atoms with Crippen LogP contribution in [0.2, 0.25) is 5.02 Å². The van der Waals surface area contributed by atoms with Crippen molar-refractivity contribution in [3.05, 3.63) is 64.7 Å². The molecule has 1 heterocycles. The number of para-hydroxylation sites is 1. The molecule has 5 nitrogen and oxygen atoms in total. The van der Waals surface area contributed by atoms with Crippen LogP contribution in [0, 0.1) is 0 Å². The Morgan fingerprint density at radius 2 is 2.04 bits per heavy atom. The van der Waals surface area contributed by atoms with E-state index in [1.165, 1.54) is 0 Å². The zero-order chi connectivity index (χ0) is 19.1. The fourth-order valence-corrected chi connectivity index (χ4v) is 3.74. The predicted molar refractivity (Wildman–Crippen MR) is 108 cm³/mol. The van der Waals surface area contributed by atoms with Crippen molar-refractivity contribution in [1.82, 2.24) is 15.5 Å². The Bertz CT molecular complexity index is 769. The fraction of sp³-hybridized carbons (Fsp3) is 0.381. The Labute approximate surface area is 165 Å². The van der Waals surface area contributed by atoms with Crippen LogP contribution in [0.25, 0.3) is 0 Å². The van der Waals surface area contributed by atoms with Gasteiger partial charge in [-0.15, -0.1) is 0 Å². The minimum atomic E-state index is 0.0313. The number of rotatable bonds is 7. The molecule has 1 aliphatic rings. The van der Waals surface area contributed by atoms with Gasteiger partial charge in [-0.05, 0) is 29.7 Å². The predicted octanol–water partition coefficient (Wildman–Crippen LogP) is 2.65. The Morgan fingerprint density at radius 3 is 2.85 bits per heavy atom. The highest BCUT2D eigenvalue weighted by molar-refractivity contribution is 6.31. The molecule has 1 saturated heterocycles. The van der Waals surface area contributed by atoms with Gasteiger partial charge in [-0.25, -0.2) is 0 Å². The lowest BCUT2D eigenvalue weighted by Gasteiger charge is -2.36. The zero-order valence-corrected chi connectivity index (χ0v) is 16.3. The van der Waals surface area contributed by atoms with E-state index in [4.69, 9.17) is 16.3 Å². The summed E-state index contributed by atoms with van der Waals surface area (Å²) in [6.07, 6.45) is 0.741. The molecule has 1 fully saturated rings. The first-order chi connectivity index (χ1) is 13.2. The minimum absolute atomic E-state index is 0.0313. The highest BCUT2D eigenvalue weighted by Gasteiger charge is 2.26. The smallest absolute Gasteiger partial charge is 0.234 e. The molecule has 27 heavy (non-hydrogen) atoms. The Hall–Kier alpha value is -2.08. The number of carbonyl (C=O) groups excluding carboxylic acids is 1. The van der Waals surface area contributed by atoms with E-state index in [9.17, 15) is 4.79 Å². The second kappa shape index (κ2) is 9.74. The number of amides is 1. The van der Waals surface area contributed by atoms with E-state index < -0.39 is 0 Å². The molecule has 0 radical (unpaired) electrons. The molecule has 2 aromatic rings. The van der Waals surface area contributed by atoms with Gasteiger partial charge in [0.15, 0.2) is 0 Å². The maximum absolute atomic E-state index is 12.5. The van der Waals surface area contributed by atoms with E-state index in [2.05, 4.69) is 15.5 Å². The molecule has 3 rings (SSSR count). The lowest BCUT2D eigenvalue weighted by Crippen LogP contribution is -2.49. The van der Waals surface area contributed by atoms with Crippen LogP contribution in [0.15, 0.2) is 48.5 Å². The van der Waals surface area contributed by atoms with E-state index in [1.54, 1.807) is 7.11 Å². The Balaban J connectivity index is 1.55. The third-order valence-corrected chi connectivity index (χ3v) is 5.22. The van der Waals surface area contributed by atoms with Crippen LogP contribution < -0.4 is 15.4 Å². The molecule has 0 spiro atoms. The molecule has 0 saturated carbocycles. The van der Waals surface area contributed by atoms with Gasteiger partial charge in [0.25, 0.3) is 0 Å². The number of benzene rings is 2. The highest BCUT2D eigenvalue weighted by atomic mass is 35.5. The first kappa shape index (κ1) is 19.7. The average Bonchev–Trinajstić information content (AvgIpc) is 2.69. The Morgan fingerprint density at radius 1 is 1.26 bits per heavy atom. The summed E-state index contributed by atoms with van der Waals surface area (Å²) in [4.78, 5) is 14.7. The first-order valence-electron chi connectivity index (χ1n) is 9.27. The largest absolute Gasteiger partial charge is 0.496 e. The molecule has 1 aliphatic heterocycles. The maximum Gasteiger partial charge on any atom is 0.234 e. The molecule has 0 aromatic heterocycles. The summed E-state index contributed by atoms with van der Waals surface area (Å²) >= 11 is 6.37. The molecule has 144 valence electrons. The molecular weight excluding hydrogens is 362 g/mol. The number of halogens is 1. The van der Waals surface area contributed by atoms with Crippen LogP contribution in [0.4, 0.5) is 0 Å². The lowest BCUT2D eigenvalue weighted by molar-refractivity contribution is -0.123. The SMILES string of the molecule is COc1ccccc1CCNC(=O)CN1CCNCC1c1ccccc1Cl. The van der Waals surface area contributed by atoms with Crippen molar-refractivity contribution in [2.45, 2.75) is 12.5 Å². The van der Waals surface area contributed by atoms with Crippen molar-refractivity contribution < 1.29 is 9.53 Å². The molecule has 1 unspecified atom stereocenters. The molecular formula is C21H26ClN3O2. The monoisotopic (exact) mass is 387 g/mol. The van der Waals surface area contributed by atoms with E-state index >= 15 is 0 Å². The van der Waals surface area contributed by atoms with Crippen molar-refractivity contribution in [1.29, 1.82) is 0 Å². The van der Waals surface area contributed by atoms with Crippen molar-refractivity contribution in [3.63, 3.8) is 0 Å². The number of ether oxygens (including phenoxy) is 1. The third-order valence-electron chi connectivity index (χ3n) is 4.87. The van der Waals surface area contributed by atoms with Gasteiger partial charge in [-0.1, -0.05) is 48.0 Å². The van der Waals surface area contributed by atoms with E-state index in [-0.39, 0.29) is 11.9 Å². The summed E-state index contributed by atoms with van der Waals surface area (Å²) in [6.45, 7) is 3.43. The summed E-state index contributed by atoms with van der Waals surface area (Å²) in [5.41, 5.74) is 2.16. The van der Waals surface area contributed by atoms with Crippen LogP contribution in [-0.4, -0.2) is 50.6 Å². The summed E-state index contributed by atoms with van der Waals surface area (Å²) in [7, 11) is 1.66. The molecule has 1 amide bonds. The molecule has 1 atom stereocenters. The van der Waals surface area contributed by atoms with Crippen LogP contribution >= 0.6 is 11.6 Å². The van der Waals surface area contributed by atoms with Gasteiger partial charge < -0.3 is 15.4 Å². The highest BCUT2D eigenvalue weighted by Crippen LogP contribution is 2.28. The number of nitrogens with one attached hydrogen (secondary N) is 2. The topological polar surface area (TPSA) is 53.6 Å². The van der Waals surface area contributed by atoms with Crippen LogP contribution in [-0.2, 0) is 11.2 Å². The third kappa shape index (κ3) is 5.22. The Kier molecular flexibility index (Phi) is 7.10. The molecule has 2 aromatic carbocycles. The van der Waals surface area contributed by atoms with E-state index in [0.717, 1.165) is 48.0 Å². The number of hydrogen-bond acceptors (Lipinski definition) is 4. The summed E-state index contributed by atoms with van der Waals surface area (Å²) < 4.78 is 5.36. The molecule has 0 aliphatic carbocycles. The second-order valence-corrected chi connectivity index (χ2v) is 7.03.